The van der Waals surface area contributed by atoms with Crippen LogP contribution >= 0.6 is 0 Å². The first-order valence-corrected chi connectivity index (χ1v) is 20.6. The fraction of sp³-hybridized carbons (Fsp3) is 0.123. The molecule has 59 heavy (non-hydrogen) atoms. The van der Waals surface area contributed by atoms with Crippen molar-refractivity contribution in [2.75, 3.05) is 9.80 Å². The summed E-state index contributed by atoms with van der Waals surface area (Å²) >= 11 is 0. The summed E-state index contributed by atoms with van der Waals surface area (Å²) in [7, 11) is 0. The van der Waals surface area contributed by atoms with Gasteiger partial charge in [0.15, 0.2) is 0 Å². The lowest BCUT2D eigenvalue weighted by Gasteiger charge is -2.29. The molecule has 2 nitrogen and oxygen atoms in total. The summed E-state index contributed by atoms with van der Waals surface area (Å²) in [6.07, 6.45) is 19.7. The van der Waals surface area contributed by atoms with Gasteiger partial charge in [0.05, 0.1) is 11.4 Å². The second kappa shape index (κ2) is 17.6. The summed E-state index contributed by atoms with van der Waals surface area (Å²) in [5.74, 6) is 0. The predicted octanol–water partition coefficient (Wildman–Crippen LogP) is 15.6. The minimum absolute atomic E-state index is 0.949. The van der Waals surface area contributed by atoms with Gasteiger partial charge in [-0.05, 0) is 140 Å². The van der Waals surface area contributed by atoms with Gasteiger partial charge in [-0.25, -0.2) is 0 Å². The van der Waals surface area contributed by atoms with Crippen LogP contribution in [0.1, 0.15) is 57.3 Å². The Bertz CT molecular complexity index is 2690. The number of nitrogens with zero attached hydrogens (tertiary/aromatic N) is 2. The first-order chi connectivity index (χ1) is 28.8. The molecule has 0 saturated carbocycles. The third-order valence-electron chi connectivity index (χ3n) is 11.0. The van der Waals surface area contributed by atoms with Gasteiger partial charge in [-0.1, -0.05) is 157 Å². The molecule has 0 saturated heterocycles. The number of benzene rings is 6. The van der Waals surface area contributed by atoms with E-state index in [9.17, 15) is 0 Å². The van der Waals surface area contributed by atoms with Gasteiger partial charge in [-0.15, -0.1) is 0 Å². The number of anilines is 5. The van der Waals surface area contributed by atoms with Gasteiger partial charge in [0.25, 0.3) is 0 Å². The fourth-order valence-corrected chi connectivity index (χ4v) is 8.02. The van der Waals surface area contributed by atoms with Crippen molar-refractivity contribution < 1.29 is 0 Å². The van der Waals surface area contributed by atoms with E-state index < -0.39 is 0 Å². The quantitative estimate of drug-likeness (QED) is 0.121. The average Bonchev–Trinajstić information content (AvgIpc) is 3.26. The Morgan fingerprint density at radius 3 is 1.90 bits per heavy atom. The van der Waals surface area contributed by atoms with E-state index in [2.05, 4.69) is 245 Å². The highest BCUT2D eigenvalue weighted by molar-refractivity contribution is 6.02. The van der Waals surface area contributed by atoms with E-state index in [0.29, 0.717) is 0 Å². The van der Waals surface area contributed by atoms with Gasteiger partial charge < -0.3 is 9.80 Å². The van der Waals surface area contributed by atoms with Crippen molar-refractivity contribution in [3.63, 3.8) is 0 Å². The van der Waals surface area contributed by atoms with E-state index in [0.717, 1.165) is 46.6 Å². The second-order valence-corrected chi connectivity index (χ2v) is 15.5. The Labute approximate surface area is 351 Å². The van der Waals surface area contributed by atoms with Crippen LogP contribution in [0, 0.1) is 46.8 Å². The number of fused-ring (bicyclic) bond motifs is 1. The normalized spacial score (nSPS) is 12.9. The van der Waals surface area contributed by atoms with Gasteiger partial charge >= 0.3 is 0 Å². The van der Waals surface area contributed by atoms with Crippen molar-refractivity contribution in [3.05, 3.63) is 238 Å². The molecule has 0 bridgehead atoms. The smallest absolute Gasteiger partial charge is 0.0969 e. The third kappa shape index (κ3) is 8.76. The Balaban J connectivity index is 1.11. The van der Waals surface area contributed by atoms with Crippen LogP contribution in [0.3, 0.4) is 0 Å². The molecule has 0 amide bonds. The zero-order chi connectivity index (χ0) is 40.7. The predicted molar refractivity (Wildman–Crippen MR) is 254 cm³/mol. The average molecular weight is 763 g/mol. The van der Waals surface area contributed by atoms with E-state index in [-0.39, 0.29) is 0 Å². The fourth-order valence-electron chi connectivity index (χ4n) is 8.02. The molecule has 0 aromatic heterocycles. The molecule has 0 fully saturated rings. The summed E-state index contributed by atoms with van der Waals surface area (Å²) in [6, 6.07) is 57.2. The highest BCUT2D eigenvalue weighted by atomic mass is 15.1. The molecule has 0 atom stereocenters. The van der Waals surface area contributed by atoms with E-state index in [1.807, 2.05) is 0 Å². The van der Waals surface area contributed by atoms with Crippen LogP contribution in [-0.4, -0.2) is 0 Å². The van der Waals surface area contributed by atoms with Crippen molar-refractivity contribution in [1.82, 2.24) is 0 Å². The maximum absolute atomic E-state index is 3.46. The summed E-state index contributed by atoms with van der Waals surface area (Å²) in [5.41, 5.74) is 17.7. The maximum Gasteiger partial charge on any atom is 0.0969 e. The lowest BCUT2D eigenvalue weighted by atomic mass is 9.92. The first-order valence-electron chi connectivity index (χ1n) is 20.6. The van der Waals surface area contributed by atoms with Crippen LogP contribution in [0.15, 0.2) is 182 Å². The Hall–Kier alpha value is -7.08. The molecule has 7 aromatic carbocycles. The summed E-state index contributed by atoms with van der Waals surface area (Å²) in [4.78, 5) is 4.67. The molecule has 7 aromatic rings. The van der Waals surface area contributed by atoms with E-state index in [4.69, 9.17) is 0 Å². The number of hydrogen-bond donors (Lipinski definition) is 0. The molecular weight excluding hydrogens is 713 g/mol. The highest BCUT2D eigenvalue weighted by Crippen LogP contribution is 2.40. The van der Waals surface area contributed by atoms with Crippen LogP contribution in [0.25, 0.3) is 28.5 Å². The molecule has 1 aliphatic rings. The van der Waals surface area contributed by atoms with Crippen LogP contribution in [0.2, 0.25) is 0 Å². The molecule has 0 unspecified atom stereocenters. The van der Waals surface area contributed by atoms with Crippen LogP contribution in [0.4, 0.5) is 28.4 Å². The van der Waals surface area contributed by atoms with Crippen LogP contribution < -0.4 is 9.80 Å². The second-order valence-electron chi connectivity index (χ2n) is 15.5. The number of hydrogen-bond acceptors (Lipinski definition) is 2. The first kappa shape index (κ1) is 38.8. The van der Waals surface area contributed by atoms with E-state index >= 15 is 0 Å². The Morgan fingerprint density at radius 2 is 1.25 bits per heavy atom. The molecule has 0 N–H and O–H groups in total. The highest BCUT2D eigenvalue weighted by Gasteiger charge is 2.18. The largest absolute Gasteiger partial charge is 0.310 e. The van der Waals surface area contributed by atoms with E-state index in [1.54, 1.807) is 0 Å². The molecule has 0 heterocycles. The van der Waals surface area contributed by atoms with Gasteiger partial charge in [0.1, 0.15) is 0 Å². The summed E-state index contributed by atoms with van der Waals surface area (Å²) in [6.45, 7) is 10.8. The molecule has 0 radical (unpaired) electrons. The number of aryl methyl sites for hydroxylation is 5. The molecule has 0 spiro atoms. The lowest BCUT2D eigenvalue weighted by molar-refractivity contribution is 0.994. The monoisotopic (exact) mass is 762 g/mol. The van der Waals surface area contributed by atoms with Crippen molar-refractivity contribution in [2.45, 2.75) is 47.5 Å². The minimum Gasteiger partial charge on any atom is -0.310 e. The van der Waals surface area contributed by atoms with Gasteiger partial charge in [0.2, 0.25) is 0 Å². The van der Waals surface area contributed by atoms with Gasteiger partial charge in [-0.3, -0.25) is 0 Å². The zero-order valence-corrected chi connectivity index (χ0v) is 34.7. The van der Waals surface area contributed by atoms with Crippen molar-refractivity contribution >= 4 is 56.9 Å². The van der Waals surface area contributed by atoms with Crippen molar-refractivity contribution in [2.24, 2.45) is 0 Å². The Morgan fingerprint density at radius 1 is 0.593 bits per heavy atom. The van der Waals surface area contributed by atoms with Gasteiger partial charge in [0, 0.05) is 34.2 Å². The van der Waals surface area contributed by atoms with E-state index in [1.165, 1.54) is 61.1 Å². The molecular formula is C57H50N2. The molecule has 0 aliphatic heterocycles. The summed E-state index contributed by atoms with van der Waals surface area (Å²) < 4.78 is 0. The SMILES string of the molecule is Cc1c#cc(N(/C=C(\C2=CC=CCC2)c2ccccc2)c2ccc(/C=C/C=C/c3ccc(N(c4ccc(C)cc4C)c4ccc(C)cc4C)cc3)c3ccccc23)cc1. The molecule has 1 aliphatic carbocycles. The summed E-state index contributed by atoms with van der Waals surface area (Å²) in [5, 5.41) is 2.36. The number of allylic oxidation sites excluding steroid dienone is 7. The van der Waals surface area contributed by atoms with Crippen molar-refractivity contribution in [3.8, 4) is 0 Å². The lowest BCUT2D eigenvalue weighted by Crippen LogP contribution is -2.12. The standard InChI is InChI=1S/C57H50N2/c1-41-24-31-50(32-25-41)58(40-54(47-17-8-6-9-18-47)48-19-10-7-11-20-48)57-37-30-49(52-22-14-15-23-53(52)57)21-13-12-16-46-28-33-51(34-29-46)59(55-35-26-42(2)38-44(55)4)56-36-27-43(3)39-45(56)5/h6-10,12-19,21-24,26-31,33-40H,11,20H2,1-5H3/b16-12+,21-13+,54-40-. The Kier molecular flexibility index (Phi) is 11.6. The van der Waals surface area contributed by atoms with Crippen LogP contribution in [0.5, 0.6) is 0 Å². The third-order valence-corrected chi connectivity index (χ3v) is 11.0. The minimum atomic E-state index is 0.949. The maximum atomic E-state index is 3.46. The topological polar surface area (TPSA) is 6.48 Å². The molecule has 288 valence electrons. The molecule has 2 heteroatoms. The zero-order valence-electron chi connectivity index (χ0n) is 34.7. The van der Waals surface area contributed by atoms with Crippen LogP contribution in [-0.2, 0) is 0 Å². The van der Waals surface area contributed by atoms with Gasteiger partial charge in [-0.2, -0.15) is 0 Å². The number of rotatable bonds is 11. The molecule has 8 rings (SSSR count). The van der Waals surface area contributed by atoms with Crippen molar-refractivity contribution in [1.29, 1.82) is 0 Å².